The number of rotatable bonds is 6. The van der Waals surface area contributed by atoms with Gasteiger partial charge in [0.05, 0.1) is 30.9 Å². The van der Waals surface area contributed by atoms with E-state index in [1.807, 2.05) is 50.2 Å². The van der Waals surface area contributed by atoms with Crippen molar-refractivity contribution in [2.75, 3.05) is 18.6 Å². The average molecular weight is 500 g/mol. The number of aryl methyl sites for hydroxylation is 1. The molecule has 1 aliphatic heterocycles. The normalized spacial score (nSPS) is 17.2. The van der Waals surface area contributed by atoms with E-state index in [1.54, 1.807) is 30.3 Å². The minimum Gasteiger partial charge on any atom is -0.507 e. The second-order valence-corrected chi connectivity index (χ2v) is 10.1. The van der Waals surface area contributed by atoms with Crippen LogP contribution in [0.2, 0.25) is 0 Å². The van der Waals surface area contributed by atoms with E-state index in [0.717, 1.165) is 16.7 Å². The number of benzene rings is 3. The minimum absolute atomic E-state index is 0.0190. The van der Waals surface area contributed by atoms with E-state index in [-0.39, 0.29) is 16.7 Å². The summed E-state index contributed by atoms with van der Waals surface area (Å²) in [5.41, 5.74) is 3.29. The topological polar surface area (TPSA) is 76.1 Å². The van der Waals surface area contributed by atoms with Crippen LogP contribution in [0.5, 0.6) is 11.5 Å². The molecule has 1 saturated heterocycles. The standard InChI is InChI=1S/C31H33NO5/c1-7-37-22-13-10-12-21(18-22)32-27(23-14-9-8-11-19(23)2)26(29(34)30(32)35)28(33)24-17-20(31(3,4)5)15-16-25(24)36-6/h8-18,27,33H,7H2,1-6H3/b28-26+. The van der Waals surface area contributed by atoms with Crippen LogP contribution in [0.25, 0.3) is 5.76 Å². The number of Topliss-reactive ketones (excluding diaryl/α,β-unsaturated/α-hetero) is 1. The van der Waals surface area contributed by atoms with Gasteiger partial charge >= 0.3 is 0 Å². The summed E-state index contributed by atoms with van der Waals surface area (Å²) in [5, 5.41) is 11.7. The fourth-order valence-electron chi connectivity index (χ4n) is 4.68. The van der Waals surface area contributed by atoms with Crippen molar-refractivity contribution < 1.29 is 24.2 Å². The van der Waals surface area contributed by atoms with E-state index < -0.39 is 17.7 Å². The van der Waals surface area contributed by atoms with Crippen LogP contribution >= 0.6 is 0 Å². The van der Waals surface area contributed by atoms with E-state index in [9.17, 15) is 14.7 Å². The number of ketones is 1. The molecule has 1 N–H and O–H groups in total. The van der Waals surface area contributed by atoms with Gasteiger partial charge in [-0.1, -0.05) is 57.2 Å². The van der Waals surface area contributed by atoms with Gasteiger partial charge in [-0.2, -0.15) is 0 Å². The van der Waals surface area contributed by atoms with Crippen molar-refractivity contribution in [3.63, 3.8) is 0 Å². The predicted octanol–water partition coefficient (Wildman–Crippen LogP) is 6.33. The summed E-state index contributed by atoms with van der Waals surface area (Å²) < 4.78 is 11.2. The second-order valence-electron chi connectivity index (χ2n) is 10.1. The Morgan fingerprint density at radius 3 is 2.38 bits per heavy atom. The van der Waals surface area contributed by atoms with Crippen molar-refractivity contribution in [2.24, 2.45) is 0 Å². The highest BCUT2D eigenvalue weighted by atomic mass is 16.5. The average Bonchev–Trinajstić information content (AvgIpc) is 3.13. The van der Waals surface area contributed by atoms with Crippen LogP contribution in [0, 0.1) is 6.92 Å². The van der Waals surface area contributed by atoms with Gasteiger partial charge in [0.25, 0.3) is 11.7 Å². The number of aliphatic hydroxyl groups excluding tert-OH is 1. The predicted molar refractivity (Wildman–Crippen MR) is 145 cm³/mol. The Balaban J connectivity index is 2.00. The molecule has 6 heteroatoms. The molecule has 1 amide bonds. The van der Waals surface area contributed by atoms with Gasteiger partial charge in [-0.05, 0) is 60.2 Å². The van der Waals surface area contributed by atoms with E-state index in [0.29, 0.717) is 29.4 Å². The van der Waals surface area contributed by atoms with Crippen molar-refractivity contribution in [1.29, 1.82) is 0 Å². The zero-order valence-electron chi connectivity index (χ0n) is 22.2. The maximum atomic E-state index is 13.6. The van der Waals surface area contributed by atoms with Crippen LogP contribution in [0.15, 0.2) is 72.3 Å². The van der Waals surface area contributed by atoms with Crippen LogP contribution in [0.4, 0.5) is 5.69 Å². The van der Waals surface area contributed by atoms with E-state index in [2.05, 4.69) is 20.8 Å². The lowest BCUT2D eigenvalue weighted by Crippen LogP contribution is -2.29. The van der Waals surface area contributed by atoms with Gasteiger partial charge in [0.2, 0.25) is 0 Å². The summed E-state index contributed by atoms with van der Waals surface area (Å²) in [4.78, 5) is 28.6. The fraction of sp³-hybridized carbons (Fsp3) is 0.290. The lowest BCUT2D eigenvalue weighted by molar-refractivity contribution is -0.132. The highest BCUT2D eigenvalue weighted by Gasteiger charge is 2.47. The molecule has 192 valence electrons. The van der Waals surface area contributed by atoms with Crippen LogP contribution in [-0.4, -0.2) is 30.5 Å². The van der Waals surface area contributed by atoms with Crippen LogP contribution in [0.3, 0.4) is 0 Å². The zero-order chi connectivity index (χ0) is 26.9. The Hall–Kier alpha value is -4.06. The SMILES string of the molecule is CCOc1cccc(N2C(=O)C(=O)/C(=C(/O)c3cc(C(C)(C)C)ccc3OC)C2c2ccccc2C)c1. The maximum absolute atomic E-state index is 13.6. The molecule has 1 fully saturated rings. The Morgan fingerprint density at radius 2 is 1.73 bits per heavy atom. The van der Waals surface area contributed by atoms with E-state index >= 15 is 0 Å². The quantitative estimate of drug-likeness (QED) is 0.244. The zero-order valence-corrected chi connectivity index (χ0v) is 22.2. The molecular weight excluding hydrogens is 466 g/mol. The van der Waals surface area contributed by atoms with E-state index in [1.165, 1.54) is 12.0 Å². The third-order valence-corrected chi connectivity index (χ3v) is 6.65. The summed E-state index contributed by atoms with van der Waals surface area (Å²) in [5.74, 6) is -0.730. The number of hydrogen-bond acceptors (Lipinski definition) is 5. The molecule has 1 aliphatic rings. The molecule has 1 heterocycles. The molecule has 1 atom stereocenters. The minimum atomic E-state index is -0.832. The number of hydrogen-bond donors (Lipinski definition) is 1. The first kappa shape index (κ1) is 26.0. The molecule has 4 rings (SSSR count). The summed E-state index contributed by atoms with van der Waals surface area (Å²) in [6.45, 7) is 10.5. The number of nitrogens with zero attached hydrogens (tertiary/aromatic N) is 1. The molecule has 0 aliphatic carbocycles. The van der Waals surface area contributed by atoms with Gasteiger partial charge in [0, 0.05) is 11.8 Å². The van der Waals surface area contributed by atoms with Gasteiger partial charge in [0.1, 0.15) is 17.3 Å². The van der Waals surface area contributed by atoms with Crippen LogP contribution < -0.4 is 14.4 Å². The van der Waals surface area contributed by atoms with Gasteiger partial charge in [0.15, 0.2) is 0 Å². The first-order valence-corrected chi connectivity index (χ1v) is 12.4. The fourth-order valence-corrected chi connectivity index (χ4v) is 4.68. The number of methoxy groups -OCH3 is 1. The summed E-state index contributed by atoms with van der Waals surface area (Å²) >= 11 is 0. The highest BCUT2D eigenvalue weighted by Crippen LogP contribution is 2.45. The maximum Gasteiger partial charge on any atom is 0.300 e. The van der Waals surface area contributed by atoms with Gasteiger partial charge in [-0.15, -0.1) is 0 Å². The number of carbonyl (C=O) groups excluding carboxylic acids is 2. The molecule has 0 spiro atoms. The molecule has 0 bridgehead atoms. The Kier molecular flexibility index (Phi) is 7.12. The summed E-state index contributed by atoms with van der Waals surface area (Å²) in [6.07, 6.45) is 0. The number of ether oxygens (including phenoxy) is 2. The smallest absolute Gasteiger partial charge is 0.300 e. The third-order valence-electron chi connectivity index (χ3n) is 6.65. The Labute approximate surface area is 218 Å². The number of carbonyl (C=O) groups is 2. The van der Waals surface area contributed by atoms with Crippen molar-refractivity contribution in [3.05, 3.63) is 94.6 Å². The van der Waals surface area contributed by atoms with Gasteiger partial charge < -0.3 is 14.6 Å². The Bertz CT molecular complexity index is 1380. The largest absolute Gasteiger partial charge is 0.507 e. The molecule has 0 saturated carbocycles. The summed E-state index contributed by atoms with van der Waals surface area (Å²) in [7, 11) is 1.51. The van der Waals surface area contributed by atoms with Crippen molar-refractivity contribution in [1.82, 2.24) is 0 Å². The molecule has 3 aromatic rings. The van der Waals surface area contributed by atoms with Gasteiger partial charge in [-0.25, -0.2) is 0 Å². The van der Waals surface area contributed by atoms with E-state index in [4.69, 9.17) is 9.47 Å². The monoisotopic (exact) mass is 499 g/mol. The Morgan fingerprint density at radius 1 is 1.00 bits per heavy atom. The third kappa shape index (κ3) is 4.84. The van der Waals surface area contributed by atoms with Crippen molar-refractivity contribution in [3.8, 4) is 11.5 Å². The summed E-state index contributed by atoms with van der Waals surface area (Å²) in [6, 6.07) is 19.4. The van der Waals surface area contributed by atoms with Gasteiger partial charge in [-0.3, -0.25) is 14.5 Å². The molecule has 3 aromatic carbocycles. The number of amides is 1. The lowest BCUT2D eigenvalue weighted by Gasteiger charge is -2.27. The molecule has 0 aromatic heterocycles. The second kappa shape index (κ2) is 10.1. The molecular formula is C31H33NO5. The number of anilines is 1. The molecule has 1 unspecified atom stereocenters. The first-order valence-electron chi connectivity index (χ1n) is 12.4. The highest BCUT2D eigenvalue weighted by molar-refractivity contribution is 6.51. The van der Waals surface area contributed by atoms with Crippen LogP contribution in [-0.2, 0) is 15.0 Å². The van der Waals surface area contributed by atoms with Crippen molar-refractivity contribution >= 4 is 23.1 Å². The molecule has 0 radical (unpaired) electrons. The lowest BCUT2D eigenvalue weighted by atomic mass is 9.85. The number of aliphatic hydroxyl groups is 1. The van der Waals surface area contributed by atoms with Crippen molar-refractivity contribution in [2.45, 2.75) is 46.1 Å². The molecule has 6 nitrogen and oxygen atoms in total. The first-order chi connectivity index (χ1) is 17.6. The van der Waals surface area contributed by atoms with Crippen LogP contribution in [0.1, 0.15) is 56.0 Å². The molecule has 37 heavy (non-hydrogen) atoms.